The number of nitrogens with one attached hydrogen (secondary N) is 2. The van der Waals surface area contributed by atoms with Crippen LogP contribution in [-0.4, -0.2) is 51.7 Å². The van der Waals surface area contributed by atoms with Crippen LogP contribution in [0, 0.1) is 12.7 Å². The van der Waals surface area contributed by atoms with Crippen LogP contribution in [0.25, 0.3) is 16.6 Å². The minimum absolute atomic E-state index is 0.0457. The van der Waals surface area contributed by atoms with E-state index in [0.29, 0.717) is 17.6 Å². The summed E-state index contributed by atoms with van der Waals surface area (Å²) in [6, 6.07) is 11.6. The van der Waals surface area contributed by atoms with Crippen LogP contribution >= 0.6 is 0 Å². The molecule has 8 nitrogen and oxygen atoms in total. The topological polar surface area (TPSA) is 79.9 Å². The van der Waals surface area contributed by atoms with Crippen molar-refractivity contribution in [2.75, 3.05) is 37.6 Å². The molecule has 0 atom stereocenters. The molecule has 5 rings (SSSR count). The molecule has 9 heteroatoms. The van der Waals surface area contributed by atoms with Gasteiger partial charge in [-0.25, -0.2) is 4.39 Å². The number of halogens is 1. The Hall–Kier alpha value is -3.46. The molecule has 1 aliphatic rings. The Morgan fingerprint density at radius 1 is 0.938 bits per heavy atom. The van der Waals surface area contributed by atoms with E-state index in [0.717, 1.165) is 56.2 Å². The van der Waals surface area contributed by atoms with Crippen molar-refractivity contribution in [2.24, 2.45) is 0 Å². The summed E-state index contributed by atoms with van der Waals surface area (Å²) in [4.78, 5) is 29.0. The van der Waals surface area contributed by atoms with E-state index in [9.17, 15) is 14.0 Å². The Bertz CT molecular complexity index is 1380. The lowest BCUT2D eigenvalue weighted by atomic mass is 10.2. The molecule has 1 fully saturated rings. The Balaban J connectivity index is 1.29. The third kappa shape index (κ3) is 3.69. The third-order valence-electron chi connectivity index (χ3n) is 6.28. The summed E-state index contributed by atoms with van der Waals surface area (Å²) in [5.41, 5.74) is 2.76. The van der Waals surface area contributed by atoms with Crippen LogP contribution in [0.3, 0.4) is 0 Å². The second kappa shape index (κ2) is 8.23. The Kier molecular flexibility index (Phi) is 5.26. The number of rotatable bonds is 5. The number of hydrogen-bond acceptors (Lipinski definition) is 4. The molecular weight excluding hydrogens is 411 g/mol. The zero-order chi connectivity index (χ0) is 22.2. The average molecular weight is 437 g/mol. The number of aryl methyl sites for hydroxylation is 2. The molecule has 4 heterocycles. The van der Waals surface area contributed by atoms with Gasteiger partial charge in [0.05, 0.1) is 24.1 Å². The number of aromatic nitrogens is 4. The van der Waals surface area contributed by atoms with Crippen LogP contribution in [0.2, 0.25) is 0 Å². The maximum atomic E-state index is 14.0. The van der Waals surface area contributed by atoms with Gasteiger partial charge in [-0.1, -0.05) is 0 Å². The van der Waals surface area contributed by atoms with Gasteiger partial charge in [-0.2, -0.15) is 10.2 Å². The predicted molar refractivity (Wildman–Crippen MR) is 121 cm³/mol. The standard InChI is InChI=1S/C23H25FN6O2/c1-16-3-5-19-23(32)29(18-6-4-17(24)15-20(18)30(16)19)10-2-9-27-11-13-28(14-12-27)21-7-8-22(31)26-25-21/h3-8,15H,2,9-14H2,1H3,(H,26,31)/p+1. The first kappa shape index (κ1) is 20.4. The van der Waals surface area contributed by atoms with Gasteiger partial charge in [0.15, 0.2) is 0 Å². The van der Waals surface area contributed by atoms with E-state index in [1.54, 1.807) is 16.7 Å². The molecule has 1 aliphatic heterocycles. The molecule has 0 bridgehead atoms. The maximum absolute atomic E-state index is 14.0. The highest BCUT2D eigenvalue weighted by atomic mass is 19.1. The summed E-state index contributed by atoms with van der Waals surface area (Å²) in [6.07, 6.45) is 0.826. The highest BCUT2D eigenvalue weighted by Crippen LogP contribution is 2.19. The minimum atomic E-state index is -0.310. The Labute approximate surface area is 183 Å². The minimum Gasteiger partial charge on any atom is -0.307 e. The number of piperazine rings is 1. The van der Waals surface area contributed by atoms with Crippen molar-refractivity contribution in [3.05, 3.63) is 74.7 Å². The van der Waals surface area contributed by atoms with Gasteiger partial charge in [-0.15, -0.1) is 0 Å². The van der Waals surface area contributed by atoms with Crippen molar-refractivity contribution in [3.8, 4) is 0 Å². The quantitative estimate of drug-likeness (QED) is 0.512. The Morgan fingerprint density at radius 2 is 1.72 bits per heavy atom. The summed E-state index contributed by atoms with van der Waals surface area (Å²) in [6.45, 7) is 6.92. The van der Waals surface area contributed by atoms with Crippen LogP contribution in [0.1, 0.15) is 12.1 Å². The summed E-state index contributed by atoms with van der Waals surface area (Å²) >= 11 is 0. The molecule has 3 aromatic heterocycles. The fourth-order valence-corrected chi connectivity index (χ4v) is 4.61. The van der Waals surface area contributed by atoms with Crippen molar-refractivity contribution >= 4 is 22.4 Å². The second-order valence-corrected chi connectivity index (χ2v) is 8.30. The predicted octanol–water partition coefficient (Wildman–Crippen LogP) is 1.42. The smallest absolute Gasteiger partial charge is 0.293 e. The van der Waals surface area contributed by atoms with Crippen molar-refractivity contribution in [1.29, 1.82) is 0 Å². The maximum Gasteiger partial charge on any atom is 0.293 e. The first-order chi connectivity index (χ1) is 15.5. The van der Waals surface area contributed by atoms with E-state index >= 15 is 0 Å². The molecule has 0 spiro atoms. The van der Waals surface area contributed by atoms with E-state index in [4.69, 9.17) is 0 Å². The molecule has 0 radical (unpaired) electrons. The summed E-state index contributed by atoms with van der Waals surface area (Å²) in [5.74, 6) is 0.597. The summed E-state index contributed by atoms with van der Waals surface area (Å²) in [7, 11) is 0. The molecule has 1 saturated heterocycles. The molecule has 2 N–H and O–H groups in total. The number of hydrogen-bond donors (Lipinski definition) is 1. The van der Waals surface area contributed by atoms with Crippen molar-refractivity contribution in [3.63, 3.8) is 0 Å². The number of H-pyrrole nitrogens is 2. The molecule has 1 aromatic carbocycles. The molecular formula is C23H26FN6O2+. The fraction of sp³-hybridized carbons (Fsp3) is 0.348. The van der Waals surface area contributed by atoms with Gasteiger partial charge in [0.2, 0.25) is 0 Å². The molecule has 0 aliphatic carbocycles. The van der Waals surface area contributed by atoms with Crippen LogP contribution in [0.15, 0.2) is 52.1 Å². The second-order valence-electron chi connectivity index (χ2n) is 8.30. The van der Waals surface area contributed by atoms with Crippen molar-refractivity contribution in [1.82, 2.24) is 19.0 Å². The van der Waals surface area contributed by atoms with Gasteiger partial charge in [0, 0.05) is 44.0 Å². The van der Waals surface area contributed by atoms with Crippen LogP contribution in [-0.2, 0) is 6.54 Å². The highest BCUT2D eigenvalue weighted by Gasteiger charge is 2.23. The first-order valence-electron chi connectivity index (χ1n) is 10.9. The van der Waals surface area contributed by atoms with Crippen LogP contribution < -0.4 is 21.1 Å². The SMILES string of the molecule is Cc1ccc2c(=O)n(CCCN3CCN(c4ccc(=O)[nH][nH+]4)CC3)c3ccc(F)cc3n12. The number of benzene rings is 1. The van der Waals surface area contributed by atoms with Crippen LogP contribution in [0.5, 0.6) is 0 Å². The number of aromatic amines is 2. The van der Waals surface area contributed by atoms with Crippen molar-refractivity contribution in [2.45, 2.75) is 19.9 Å². The third-order valence-corrected chi connectivity index (χ3v) is 6.28. The van der Waals surface area contributed by atoms with Gasteiger partial charge in [-0.3, -0.25) is 19.4 Å². The molecule has 4 aromatic rings. The van der Waals surface area contributed by atoms with Crippen molar-refractivity contribution < 1.29 is 9.49 Å². The number of anilines is 1. The van der Waals surface area contributed by atoms with E-state index in [1.165, 1.54) is 18.2 Å². The lowest BCUT2D eigenvalue weighted by molar-refractivity contribution is -0.444. The molecule has 32 heavy (non-hydrogen) atoms. The van der Waals surface area contributed by atoms with Gasteiger partial charge in [0.1, 0.15) is 11.3 Å². The fourth-order valence-electron chi connectivity index (χ4n) is 4.61. The summed E-state index contributed by atoms with van der Waals surface area (Å²) in [5, 5.41) is 5.54. The lowest BCUT2D eigenvalue weighted by Crippen LogP contribution is -2.48. The number of nitrogens with zero attached hydrogens (tertiary/aromatic N) is 4. The largest absolute Gasteiger partial charge is 0.307 e. The zero-order valence-electron chi connectivity index (χ0n) is 18.0. The van der Waals surface area contributed by atoms with Crippen LogP contribution in [0.4, 0.5) is 10.2 Å². The van der Waals surface area contributed by atoms with Gasteiger partial charge < -0.3 is 8.97 Å². The van der Waals surface area contributed by atoms with Gasteiger partial charge in [0.25, 0.3) is 16.9 Å². The molecule has 0 saturated carbocycles. The summed E-state index contributed by atoms with van der Waals surface area (Å²) < 4.78 is 17.6. The first-order valence-corrected chi connectivity index (χ1v) is 10.9. The molecule has 0 unspecified atom stereocenters. The van der Waals surface area contributed by atoms with Gasteiger partial charge >= 0.3 is 0 Å². The Morgan fingerprint density at radius 3 is 2.47 bits per heavy atom. The highest BCUT2D eigenvalue weighted by molar-refractivity contribution is 5.79. The molecule has 166 valence electrons. The monoisotopic (exact) mass is 437 g/mol. The van der Waals surface area contributed by atoms with E-state index in [2.05, 4.69) is 20.0 Å². The average Bonchev–Trinajstić information content (AvgIpc) is 3.19. The lowest BCUT2D eigenvalue weighted by Gasteiger charge is -2.30. The molecule has 0 amide bonds. The normalized spacial score (nSPS) is 15.1. The zero-order valence-corrected chi connectivity index (χ0v) is 18.0. The van der Waals surface area contributed by atoms with Gasteiger partial charge in [-0.05, 0) is 43.7 Å². The van der Waals surface area contributed by atoms with E-state index in [-0.39, 0.29) is 16.9 Å². The van der Waals surface area contributed by atoms with E-state index in [1.807, 2.05) is 23.5 Å². The number of fused-ring (bicyclic) bond motifs is 3. The van der Waals surface area contributed by atoms with E-state index < -0.39 is 0 Å².